The summed E-state index contributed by atoms with van der Waals surface area (Å²) in [5.41, 5.74) is 1.38. The van der Waals surface area contributed by atoms with Crippen LogP contribution in [0.3, 0.4) is 0 Å². The van der Waals surface area contributed by atoms with Crippen molar-refractivity contribution in [1.82, 2.24) is 5.32 Å². The molecule has 2 atom stereocenters. The summed E-state index contributed by atoms with van der Waals surface area (Å²) in [5, 5.41) is 2.98. The third-order valence-corrected chi connectivity index (χ3v) is 7.51. The van der Waals surface area contributed by atoms with Crippen molar-refractivity contribution in [2.45, 2.75) is 57.5 Å². The second kappa shape index (κ2) is 10.2. The number of carbonyl (C=O) groups excluding carboxylic acids is 1. The average Bonchev–Trinajstić information content (AvgIpc) is 2.78. The zero-order valence-corrected chi connectivity index (χ0v) is 19.3. The number of amides is 1. The number of ether oxygens (including phenoxy) is 1. The van der Waals surface area contributed by atoms with Gasteiger partial charge < -0.3 is 10.1 Å². The minimum absolute atomic E-state index is 0.0646. The van der Waals surface area contributed by atoms with E-state index in [4.69, 9.17) is 4.74 Å². The number of sulfonamides is 1. The third kappa shape index (κ3) is 5.39. The number of carbonyl (C=O) groups is 1. The molecule has 1 aliphatic heterocycles. The quantitative estimate of drug-likeness (QED) is 0.626. The van der Waals surface area contributed by atoms with Crippen LogP contribution >= 0.6 is 0 Å². The van der Waals surface area contributed by atoms with Gasteiger partial charge in [-0.15, -0.1) is 0 Å². The first-order chi connectivity index (χ1) is 14.9. The fourth-order valence-corrected chi connectivity index (χ4v) is 5.24. The fraction of sp³-hybridized carbons (Fsp3) is 0.458. The van der Waals surface area contributed by atoms with Crippen LogP contribution in [0.2, 0.25) is 0 Å². The van der Waals surface area contributed by atoms with Gasteiger partial charge in [0.1, 0.15) is 5.75 Å². The monoisotopic (exact) mass is 444 g/mol. The Morgan fingerprint density at radius 3 is 2.61 bits per heavy atom. The molecule has 0 radical (unpaired) electrons. The lowest BCUT2D eigenvalue weighted by Gasteiger charge is -2.35. The molecule has 31 heavy (non-hydrogen) atoms. The van der Waals surface area contributed by atoms with E-state index in [2.05, 4.69) is 19.2 Å². The normalized spacial score (nSPS) is 16.9. The van der Waals surface area contributed by atoms with Crippen molar-refractivity contribution in [3.05, 3.63) is 54.1 Å². The van der Waals surface area contributed by atoms with E-state index in [0.29, 0.717) is 23.9 Å². The van der Waals surface area contributed by atoms with E-state index in [1.807, 2.05) is 13.0 Å². The minimum atomic E-state index is -3.83. The number of rotatable bonds is 9. The molecule has 7 heteroatoms. The topological polar surface area (TPSA) is 75.7 Å². The number of benzene rings is 2. The Morgan fingerprint density at radius 1 is 1.19 bits per heavy atom. The molecule has 0 aromatic heterocycles. The van der Waals surface area contributed by atoms with Crippen molar-refractivity contribution < 1.29 is 17.9 Å². The molecular weight excluding hydrogens is 412 g/mol. The van der Waals surface area contributed by atoms with Crippen molar-refractivity contribution in [1.29, 1.82) is 0 Å². The van der Waals surface area contributed by atoms with E-state index in [0.717, 1.165) is 31.2 Å². The van der Waals surface area contributed by atoms with E-state index < -0.39 is 16.1 Å². The van der Waals surface area contributed by atoms with Crippen LogP contribution in [0.1, 0.15) is 45.1 Å². The molecule has 6 nitrogen and oxygen atoms in total. The predicted octanol–water partition coefficient (Wildman–Crippen LogP) is 4.28. The average molecular weight is 445 g/mol. The van der Waals surface area contributed by atoms with Gasteiger partial charge in [0.2, 0.25) is 0 Å². The number of nitrogens with one attached hydrogen (secondary N) is 1. The zero-order valence-electron chi connectivity index (χ0n) is 18.5. The highest BCUT2D eigenvalue weighted by molar-refractivity contribution is 7.92. The van der Waals surface area contributed by atoms with Gasteiger partial charge >= 0.3 is 0 Å². The molecule has 0 spiro atoms. The van der Waals surface area contributed by atoms with Gasteiger partial charge in [0.05, 0.1) is 17.1 Å². The number of unbranched alkanes of at least 4 members (excludes halogenated alkanes) is 1. The van der Waals surface area contributed by atoms with Crippen molar-refractivity contribution in [3.63, 3.8) is 0 Å². The van der Waals surface area contributed by atoms with E-state index >= 15 is 0 Å². The molecule has 0 saturated heterocycles. The SMILES string of the molecule is CCCC[C@H](CC)CNC(=O)[C@H]1CN(S(=O)(=O)c2ccccc2)c2ccc(C)cc2O1. The van der Waals surface area contributed by atoms with Crippen LogP contribution < -0.4 is 14.4 Å². The van der Waals surface area contributed by atoms with Crippen LogP contribution in [0.25, 0.3) is 0 Å². The molecule has 0 bridgehead atoms. The molecule has 168 valence electrons. The van der Waals surface area contributed by atoms with Crippen molar-refractivity contribution >= 4 is 21.6 Å². The molecular formula is C24H32N2O4S. The number of hydrogen-bond acceptors (Lipinski definition) is 4. The summed E-state index contributed by atoms with van der Waals surface area (Å²) < 4.78 is 34.0. The largest absolute Gasteiger partial charge is 0.476 e. The van der Waals surface area contributed by atoms with Crippen LogP contribution in [0.5, 0.6) is 5.75 Å². The highest BCUT2D eigenvalue weighted by Gasteiger charge is 2.37. The first-order valence-electron chi connectivity index (χ1n) is 11.0. The van der Waals surface area contributed by atoms with Gasteiger partial charge in [-0.3, -0.25) is 9.10 Å². The van der Waals surface area contributed by atoms with Crippen molar-refractivity contribution in [2.75, 3.05) is 17.4 Å². The van der Waals surface area contributed by atoms with E-state index in [1.54, 1.807) is 42.5 Å². The molecule has 1 aliphatic rings. The summed E-state index contributed by atoms with van der Waals surface area (Å²) in [5.74, 6) is 0.533. The first-order valence-corrected chi connectivity index (χ1v) is 12.4. The summed E-state index contributed by atoms with van der Waals surface area (Å²) in [6.07, 6.45) is 3.40. The van der Waals surface area contributed by atoms with Gasteiger partial charge in [0, 0.05) is 6.54 Å². The summed E-state index contributed by atoms with van der Waals surface area (Å²) in [7, 11) is -3.83. The van der Waals surface area contributed by atoms with Crippen LogP contribution in [0.15, 0.2) is 53.4 Å². The van der Waals surface area contributed by atoms with Gasteiger partial charge in [-0.1, -0.05) is 57.4 Å². The Morgan fingerprint density at radius 2 is 1.94 bits per heavy atom. The smallest absolute Gasteiger partial charge is 0.264 e. The van der Waals surface area contributed by atoms with Crippen LogP contribution in [-0.4, -0.2) is 33.5 Å². The molecule has 0 saturated carbocycles. The van der Waals surface area contributed by atoms with Gasteiger partial charge in [0.15, 0.2) is 6.10 Å². The molecule has 1 N–H and O–H groups in total. The third-order valence-electron chi connectivity index (χ3n) is 5.72. The zero-order chi connectivity index (χ0) is 22.4. The van der Waals surface area contributed by atoms with Crippen LogP contribution in [0, 0.1) is 12.8 Å². The maximum atomic E-state index is 13.4. The van der Waals surface area contributed by atoms with Crippen LogP contribution in [0.4, 0.5) is 5.69 Å². The minimum Gasteiger partial charge on any atom is -0.476 e. The Balaban J connectivity index is 1.84. The van der Waals surface area contributed by atoms with E-state index in [9.17, 15) is 13.2 Å². The second-order valence-electron chi connectivity index (χ2n) is 8.09. The highest BCUT2D eigenvalue weighted by Crippen LogP contribution is 2.37. The fourth-order valence-electron chi connectivity index (χ4n) is 3.75. The summed E-state index contributed by atoms with van der Waals surface area (Å²) >= 11 is 0. The molecule has 0 unspecified atom stereocenters. The number of fused-ring (bicyclic) bond motifs is 1. The number of aryl methyl sites for hydroxylation is 1. The lowest BCUT2D eigenvalue weighted by molar-refractivity contribution is -0.127. The van der Waals surface area contributed by atoms with Gasteiger partial charge in [-0.25, -0.2) is 8.42 Å². The summed E-state index contributed by atoms with van der Waals surface area (Å²) in [4.78, 5) is 13.1. The molecule has 1 amide bonds. The van der Waals surface area contributed by atoms with E-state index in [-0.39, 0.29) is 17.3 Å². The molecule has 1 heterocycles. The Hall–Kier alpha value is -2.54. The lowest BCUT2D eigenvalue weighted by atomic mass is 9.99. The molecule has 2 aromatic carbocycles. The van der Waals surface area contributed by atoms with Crippen molar-refractivity contribution in [2.24, 2.45) is 5.92 Å². The maximum Gasteiger partial charge on any atom is 0.264 e. The van der Waals surface area contributed by atoms with Crippen molar-refractivity contribution in [3.8, 4) is 5.75 Å². The van der Waals surface area contributed by atoms with Gasteiger partial charge in [-0.2, -0.15) is 0 Å². The maximum absolute atomic E-state index is 13.4. The first kappa shape index (κ1) is 23.1. The number of anilines is 1. The predicted molar refractivity (Wildman–Crippen MR) is 123 cm³/mol. The van der Waals surface area contributed by atoms with E-state index in [1.165, 1.54) is 4.31 Å². The molecule has 0 aliphatic carbocycles. The van der Waals surface area contributed by atoms with Crippen LogP contribution in [-0.2, 0) is 14.8 Å². The lowest BCUT2D eigenvalue weighted by Crippen LogP contribution is -2.51. The number of hydrogen-bond donors (Lipinski definition) is 1. The van der Waals surface area contributed by atoms with Gasteiger partial charge in [-0.05, 0) is 49.1 Å². The Bertz CT molecular complexity index is 992. The Kier molecular flexibility index (Phi) is 7.59. The number of nitrogens with zero attached hydrogens (tertiary/aromatic N) is 1. The highest BCUT2D eigenvalue weighted by atomic mass is 32.2. The van der Waals surface area contributed by atoms with Gasteiger partial charge in [0.25, 0.3) is 15.9 Å². The molecule has 0 fully saturated rings. The summed E-state index contributed by atoms with van der Waals surface area (Å²) in [6, 6.07) is 13.6. The summed E-state index contributed by atoms with van der Waals surface area (Å²) in [6.45, 7) is 6.69. The molecule has 3 rings (SSSR count). The molecule has 2 aromatic rings. The second-order valence-corrected chi connectivity index (χ2v) is 9.95. The Labute approximate surface area is 185 Å². The standard InChI is InChI=1S/C24H32N2O4S/c1-4-6-10-19(5-2)16-25-24(27)23-17-26(21-14-13-18(3)15-22(21)30-23)31(28,29)20-11-8-7-9-12-20/h7-9,11-15,19,23H,4-6,10,16-17H2,1-3H3,(H,25,27)/t19-,23+/m0/s1.